The number of aromatic nitrogens is 6. The van der Waals surface area contributed by atoms with Crippen LogP contribution in [0, 0.1) is 39.6 Å². The summed E-state index contributed by atoms with van der Waals surface area (Å²) in [6.07, 6.45) is 2.10. The molecule has 366 valence electrons. The number of fused-ring (bicyclic) bond motifs is 4. The third-order valence-electron chi connectivity index (χ3n) is 13.1. The molecule has 0 amide bonds. The summed E-state index contributed by atoms with van der Waals surface area (Å²) in [6.45, 7) is 13.7. The monoisotopic (exact) mass is 1200 g/mol. The first-order valence-electron chi connectivity index (χ1n) is 27.0. The fourth-order valence-corrected chi connectivity index (χ4v) is 11.6. The number of furan rings is 1. The number of nitrogens with zero attached hydrogens (tertiary/aromatic N) is 6. The average molecular weight is 1200 g/mol. The van der Waals surface area contributed by atoms with Crippen LogP contribution in [-0.4, -0.2) is 37.8 Å². The molecular weight excluding hydrogens is 1130 g/mol. The predicted molar refractivity (Wildman–Crippen MR) is 293 cm³/mol. The van der Waals surface area contributed by atoms with Crippen LogP contribution in [0.25, 0.3) is 83.8 Å². The molecule has 10 rings (SSSR count). The van der Waals surface area contributed by atoms with E-state index in [0.717, 1.165) is 55.8 Å². The Hall–Kier alpha value is -6.39. The van der Waals surface area contributed by atoms with Crippen molar-refractivity contribution in [1.29, 1.82) is 0 Å². The van der Waals surface area contributed by atoms with E-state index in [2.05, 4.69) is 166 Å². The topological polar surface area (TPSA) is 73.5 Å². The Morgan fingerprint density at radius 1 is 0.736 bits per heavy atom. The molecule has 0 saturated heterocycles. The van der Waals surface area contributed by atoms with Gasteiger partial charge in [-0.25, -0.2) is 19.3 Å². The molecule has 10 heteroatoms. The van der Waals surface area contributed by atoms with E-state index < -0.39 is 50.3 Å². The van der Waals surface area contributed by atoms with Gasteiger partial charge in [-0.15, -0.1) is 29.8 Å². The molecule has 4 aromatic heterocycles. The molecule has 0 atom stereocenters. The maximum atomic E-state index is 16.7. The molecule has 0 aliphatic rings. The molecule has 0 unspecified atom stereocenters. The standard InChI is InChI=1S/C45H43FGeN5O.C17H20N.Ir/c1-25(2)36-23-30(29-17-19-31(20-18-29)47(7,8)9)24-37(26(3)4)41(36)52-39-16-11-10-15-38(39)51-45(52)35-14-12-13-32-33-21-22-34(40(46)43(33)53-42(32)35)44-49-27(5)48-28(6)50-44;1-13-8-6-7-9-15(13)16-11-10-14(12-18(16)5)17(2,3)4;/h10-13,15-26H,1-9H3;6-12H,1,5H2,2-4H3;/q2*-1;+3/i5D3,6D3;;. The van der Waals surface area contributed by atoms with Crippen LogP contribution in [0.5, 0.6) is 0 Å². The molecule has 0 saturated carbocycles. The molecule has 10 aromatic rings. The Labute approximate surface area is 449 Å². The van der Waals surface area contributed by atoms with Gasteiger partial charge in [0.15, 0.2) is 17.2 Å². The number of hydrogen-bond donors (Lipinski definition) is 0. The van der Waals surface area contributed by atoms with E-state index in [-0.39, 0.29) is 48.5 Å². The summed E-state index contributed by atoms with van der Waals surface area (Å²) in [6, 6.07) is 44.0. The van der Waals surface area contributed by atoms with Crippen LogP contribution in [0.1, 0.15) is 102 Å². The van der Waals surface area contributed by atoms with Gasteiger partial charge in [-0.3, -0.25) is 0 Å². The van der Waals surface area contributed by atoms with Crippen molar-refractivity contribution in [1.82, 2.24) is 24.5 Å². The van der Waals surface area contributed by atoms with Gasteiger partial charge in [-0.05, 0) is 30.7 Å². The summed E-state index contributed by atoms with van der Waals surface area (Å²) >= 11 is -2.01. The molecule has 4 heterocycles. The van der Waals surface area contributed by atoms with Gasteiger partial charge in [0.05, 0.1) is 17.5 Å². The molecule has 0 fully saturated rings. The first kappa shape index (κ1) is 44.3. The van der Waals surface area contributed by atoms with Crippen LogP contribution in [-0.2, 0) is 25.5 Å². The van der Waals surface area contributed by atoms with E-state index in [0.29, 0.717) is 27.7 Å². The number of hydrogen-bond acceptors (Lipinski definition) is 5. The minimum absolute atomic E-state index is 0. The van der Waals surface area contributed by atoms with E-state index in [1.54, 1.807) is 18.2 Å². The second-order valence-electron chi connectivity index (χ2n) is 20.9. The summed E-state index contributed by atoms with van der Waals surface area (Å²) in [7, 11) is 4.10. The SMILES string of the molecule is [2H]C([2H])([2H])c1nc(-c2ccc3c(oc4c(-c5nc6ccccc6n5-c5c(C(C)C)cc(-c6cc[c]([Ge]([CH3])([CH3])[CH3])cc6)cc5C(C)C)[c-]ccc43)c2F)nc(C([2H])([2H])[2H])n1.[CH2-]c1ccccc1-c1ccc(C(C)(C)C)c[n+]1[CH2-].[Ir+3]. The number of aryl methyl sites for hydroxylation is 2. The zero-order chi connectivity index (χ0) is 55.7. The number of halogens is 1. The molecule has 6 aromatic carbocycles. The van der Waals surface area contributed by atoms with Crippen molar-refractivity contribution >= 4 is 50.6 Å². The molecule has 0 bridgehead atoms. The van der Waals surface area contributed by atoms with Gasteiger partial charge >= 0.3 is 221 Å². The molecule has 7 nitrogen and oxygen atoms in total. The summed E-state index contributed by atoms with van der Waals surface area (Å²) in [5.74, 6) is 5.23. The van der Waals surface area contributed by atoms with Gasteiger partial charge in [0.1, 0.15) is 11.6 Å². The Morgan fingerprint density at radius 3 is 1.99 bits per heavy atom. The molecule has 0 spiro atoms. The second-order valence-corrected chi connectivity index (χ2v) is 31.5. The van der Waals surface area contributed by atoms with E-state index in [1.165, 1.54) is 16.0 Å². The average Bonchev–Trinajstić information content (AvgIpc) is 4.13. The van der Waals surface area contributed by atoms with Crippen molar-refractivity contribution in [2.45, 2.75) is 96.7 Å². The van der Waals surface area contributed by atoms with E-state index in [1.807, 2.05) is 47.0 Å². The van der Waals surface area contributed by atoms with Gasteiger partial charge < -0.3 is 8.98 Å². The van der Waals surface area contributed by atoms with Crippen molar-refractivity contribution < 1.29 is 41.7 Å². The van der Waals surface area contributed by atoms with Crippen LogP contribution >= 0.6 is 0 Å². The van der Waals surface area contributed by atoms with Crippen LogP contribution in [0.2, 0.25) is 17.3 Å². The first-order valence-corrected chi connectivity index (χ1v) is 31.3. The van der Waals surface area contributed by atoms with E-state index >= 15 is 4.39 Å². The minimum Gasteiger partial charge on any atom is -0.343 e. The third kappa shape index (κ3) is 10.0. The Balaban J connectivity index is 0.000000358. The third-order valence-corrected chi connectivity index (χ3v) is 17.4. The smallest absolute Gasteiger partial charge is 0.343 e. The number of pyridine rings is 1. The summed E-state index contributed by atoms with van der Waals surface area (Å²) in [5.41, 5.74) is 12.4. The second kappa shape index (κ2) is 20.3. The number of benzene rings is 6. The summed E-state index contributed by atoms with van der Waals surface area (Å²) in [4.78, 5) is 16.9. The molecule has 0 aliphatic carbocycles. The number of rotatable bonds is 8. The molecular formula is C62H63FGeIrN6O+. The Kier molecular flexibility index (Phi) is 12.5. The molecule has 0 N–H and O–H groups in total. The molecule has 0 aliphatic heterocycles. The van der Waals surface area contributed by atoms with E-state index in [9.17, 15) is 0 Å². The Bertz CT molecular complexity index is 3810. The van der Waals surface area contributed by atoms with Gasteiger partial charge in [0.2, 0.25) is 0 Å². The molecule has 72 heavy (non-hydrogen) atoms. The fourth-order valence-electron chi connectivity index (χ4n) is 9.18. The van der Waals surface area contributed by atoms with Gasteiger partial charge in [0.25, 0.3) is 0 Å². The van der Waals surface area contributed by atoms with Gasteiger partial charge in [-0.1, -0.05) is 56.5 Å². The first-order chi connectivity index (χ1) is 36.1. The van der Waals surface area contributed by atoms with Gasteiger partial charge in [-0.2, -0.15) is 18.6 Å². The quantitative estimate of drug-likeness (QED) is 0.0861. The van der Waals surface area contributed by atoms with Crippen LogP contribution in [0.4, 0.5) is 4.39 Å². The van der Waals surface area contributed by atoms with Crippen molar-refractivity contribution in [3.8, 4) is 50.8 Å². The van der Waals surface area contributed by atoms with Crippen molar-refractivity contribution in [2.24, 2.45) is 0 Å². The van der Waals surface area contributed by atoms with Gasteiger partial charge in [0, 0.05) is 20.7 Å². The summed E-state index contributed by atoms with van der Waals surface area (Å²) < 4.78 is 75.8. The van der Waals surface area contributed by atoms with Crippen molar-refractivity contribution in [3.05, 3.63) is 187 Å². The van der Waals surface area contributed by atoms with Crippen LogP contribution in [0.3, 0.4) is 0 Å². The normalized spacial score (nSPS) is 13.5. The number of imidazole rings is 1. The minimum atomic E-state index is -2.86. The van der Waals surface area contributed by atoms with Crippen LogP contribution in [0.15, 0.2) is 132 Å². The zero-order valence-corrected chi connectivity index (χ0v) is 47.0. The van der Waals surface area contributed by atoms with Crippen molar-refractivity contribution in [3.63, 3.8) is 0 Å². The summed E-state index contributed by atoms with van der Waals surface area (Å²) in [5, 5.41) is 1.04. The van der Waals surface area contributed by atoms with Crippen LogP contribution < -0.4 is 8.96 Å². The zero-order valence-electron chi connectivity index (χ0n) is 48.5. The van der Waals surface area contributed by atoms with E-state index in [4.69, 9.17) is 17.6 Å². The fraction of sp³-hybridized carbons (Fsp3) is 0.242. The molecule has 0 radical (unpaired) electrons. The van der Waals surface area contributed by atoms with Crippen molar-refractivity contribution in [2.75, 3.05) is 0 Å². The maximum absolute atomic E-state index is 16.7. The number of para-hydroxylation sites is 2. The Morgan fingerprint density at radius 2 is 1.38 bits per heavy atom. The predicted octanol–water partition coefficient (Wildman–Crippen LogP) is 15.2.